The van der Waals surface area contributed by atoms with Gasteiger partial charge in [-0.05, 0) is 61.0 Å². The largest absolute Gasteiger partial charge is 0.350 e. The van der Waals surface area contributed by atoms with Crippen LogP contribution >= 0.6 is 11.3 Å². The Kier molecular flexibility index (Phi) is 6.03. The van der Waals surface area contributed by atoms with E-state index >= 15 is 0 Å². The van der Waals surface area contributed by atoms with Crippen LogP contribution in [0.15, 0.2) is 72.1 Å². The van der Waals surface area contributed by atoms with Gasteiger partial charge in [-0.1, -0.05) is 55.0 Å². The van der Waals surface area contributed by atoms with E-state index in [0.717, 1.165) is 22.6 Å². The summed E-state index contributed by atoms with van der Waals surface area (Å²) in [6.45, 7) is 6.59. The highest BCUT2D eigenvalue weighted by atomic mass is 32.1. The second-order valence-corrected chi connectivity index (χ2v) is 10.1. The van der Waals surface area contributed by atoms with Crippen molar-refractivity contribution >= 4 is 28.8 Å². The maximum atomic E-state index is 13.9. The van der Waals surface area contributed by atoms with E-state index in [1.165, 1.54) is 11.1 Å². The molecule has 7 heteroatoms. The molecule has 0 saturated carbocycles. The first-order valence-electron chi connectivity index (χ1n) is 11.8. The molecule has 0 aliphatic carbocycles. The van der Waals surface area contributed by atoms with E-state index in [1.807, 2.05) is 86.0 Å². The van der Waals surface area contributed by atoms with Crippen LogP contribution in [0, 0.1) is 6.92 Å². The average Bonchev–Trinajstić information content (AvgIpc) is 3.54. The first kappa shape index (κ1) is 23.1. The molecular formula is C28H28N4O2S. The number of carbonyl (C=O) groups excluding carboxylic acids is 2. The van der Waals surface area contributed by atoms with Crippen LogP contribution in [0.4, 0.5) is 5.69 Å². The second kappa shape index (κ2) is 9.15. The Morgan fingerprint density at radius 3 is 2.46 bits per heavy atom. The summed E-state index contributed by atoms with van der Waals surface area (Å²) in [5, 5.41) is 9.76. The highest BCUT2D eigenvalue weighted by Crippen LogP contribution is 2.35. The van der Waals surface area contributed by atoms with Crippen LogP contribution in [0.1, 0.15) is 41.0 Å². The number of benzene rings is 2. The molecule has 2 aromatic heterocycles. The van der Waals surface area contributed by atoms with Crippen molar-refractivity contribution in [3.63, 3.8) is 0 Å². The van der Waals surface area contributed by atoms with E-state index in [2.05, 4.69) is 12.2 Å². The number of aryl methyl sites for hydroxylation is 2. The number of carbonyl (C=O) groups is 2. The van der Waals surface area contributed by atoms with Crippen molar-refractivity contribution in [2.24, 2.45) is 0 Å². The predicted molar refractivity (Wildman–Crippen MR) is 140 cm³/mol. The zero-order chi connectivity index (χ0) is 24.6. The standard InChI is InChI=1S/C28H28N4O2S/c1-4-20-11-13-22(14-12-20)32-26(33)24-16-23(25-6-5-15-35-25)30-31(24)18-28(32,3)27(34)29-17-21-9-7-19(2)8-10-21/h5-16H,4,17-18H2,1-3H3,(H,29,34)/t28-/m1/s1. The molecule has 178 valence electrons. The third-order valence-electron chi connectivity index (χ3n) is 6.59. The minimum atomic E-state index is -1.15. The molecule has 1 aliphatic rings. The summed E-state index contributed by atoms with van der Waals surface area (Å²) >= 11 is 1.57. The monoisotopic (exact) mass is 484 g/mol. The number of nitrogens with one attached hydrogen (secondary N) is 1. The molecule has 1 atom stereocenters. The van der Waals surface area contributed by atoms with Gasteiger partial charge in [-0.15, -0.1) is 11.3 Å². The number of hydrogen-bond acceptors (Lipinski definition) is 4. The lowest BCUT2D eigenvalue weighted by atomic mass is 9.93. The average molecular weight is 485 g/mol. The molecular weight excluding hydrogens is 456 g/mol. The van der Waals surface area contributed by atoms with Gasteiger partial charge in [0.1, 0.15) is 16.9 Å². The Bertz CT molecular complexity index is 1360. The third-order valence-corrected chi connectivity index (χ3v) is 7.48. The highest BCUT2D eigenvalue weighted by molar-refractivity contribution is 7.13. The van der Waals surface area contributed by atoms with Crippen molar-refractivity contribution in [2.45, 2.75) is 45.8 Å². The fourth-order valence-electron chi connectivity index (χ4n) is 4.49. The van der Waals surface area contributed by atoms with Crippen LogP contribution in [-0.2, 0) is 24.3 Å². The molecule has 0 spiro atoms. The predicted octanol–water partition coefficient (Wildman–Crippen LogP) is 5.22. The Balaban J connectivity index is 1.52. The molecule has 0 unspecified atom stereocenters. The van der Waals surface area contributed by atoms with Crippen LogP contribution in [0.25, 0.3) is 10.6 Å². The Labute approximate surface area is 209 Å². The number of amides is 2. The van der Waals surface area contributed by atoms with Gasteiger partial charge in [0.15, 0.2) is 0 Å². The van der Waals surface area contributed by atoms with Gasteiger partial charge in [0.25, 0.3) is 5.91 Å². The molecule has 5 rings (SSSR count). The molecule has 2 amide bonds. The fourth-order valence-corrected chi connectivity index (χ4v) is 5.17. The number of nitrogens with zero attached hydrogens (tertiary/aromatic N) is 3. The van der Waals surface area contributed by atoms with Crippen molar-refractivity contribution in [3.05, 3.63) is 94.5 Å². The lowest BCUT2D eigenvalue weighted by molar-refractivity contribution is -0.126. The lowest BCUT2D eigenvalue weighted by Gasteiger charge is -2.43. The maximum Gasteiger partial charge on any atom is 0.277 e. The Hall–Kier alpha value is -3.71. The summed E-state index contributed by atoms with van der Waals surface area (Å²) in [6, 6.07) is 21.7. The van der Waals surface area contributed by atoms with Crippen molar-refractivity contribution in [2.75, 3.05) is 4.90 Å². The second-order valence-electron chi connectivity index (χ2n) is 9.15. The van der Waals surface area contributed by atoms with Crippen molar-refractivity contribution in [1.82, 2.24) is 15.1 Å². The molecule has 0 radical (unpaired) electrons. The number of fused-ring (bicyclic) bond motifs is 1. The molecule has 1 aliphatic heterocycles. The molecule has 0 fully saturated rings. The van der Waals surface area contributed by atoms with E-state index in [1.54, 1.807) is 20.9 Å². The first-order chi connectivity index (χ1) is 16.9. The third kappa shape index (κ3) is 4.28. The van der Waals surface area contributed by atoms with Gasteiger partial charge in [-0.2, -0.15) is 5.10 Å². The SMILES string of the molecule is CCc1ccc(N2C(=O)c3cc(-c4cccs4)nn3C[C@]2(C)C(=O)NCc2ccc(C)cc2)cc1. The molecule has 0 saturated heterocycles. The van der Waals surface area contributed by atoms with Crippen molar-refractivity contribution in [1.29, 1.82) is 0 Å². The molecule has 3 heterocycles. The summed E-state index contributed by atoms with van der Waals surface area (Å²) in [5.41, 5.74) is 4.12. The van der Waals surface area contributed by atoms with Crippen LogP contribution in [-0.4, -0.2) is 27.1 Å². The zero-order valence-corrected chi connectivity index (χ0v) is 20.9. The van der Waals surface area contributed by atoms with Gasteiger partial charge in [-0.25, -0.2) is 0 Å². The summed E-state index contributed by atoms with van der Waals surface area (Å²) in [6.07, 6.45) is 0.902. The van der Waals surface area contributed by atoms with Crippen LogP contribution < -0.4 is 10.2 Å². The molecule has 6 nitrogen and oxygen atoms in total. The van der Waals surface area contributed by atoms with Gasteiger partial charge in [0.05, 0.1) is 11.4 Å². The minimum absolute atomic E-state index is 0.218. The van der Waals surface area contributed by atoms with Crippen LogP contribution in [0.3, 0.4) is 0 Å². The lowest BCUT2D eigenvalue weighted by Crippen LogP contribution is -2.64. The molecule has 0 bridgehead atoms. The normalized spacial score (nSPS) is 17.3. The molecule has 2 aromatic carbocycles. The maximum absolute atomic E-state index is 13.9. The number of hydrogen-bond donors (Lipinski definition) is 1. The van der Waals surface area contributed by atoms with Crippen molar-refractivity contribution < 1.29 is 9.59 Å². The van der Waals surface area contributed by atoms with E-state index in [0.29, 0.717) is 17.9 Å². The van der Waals surface area contributed by atoms with Crippen LogP contribution in [0.2, 0.25) is 0 Å². The fraction of sp³-hybridized carbons (Fsp3) is 0.250. The molecule has 35 heavy (non-hydrogen) atoms. The number of thiophene rings is 1. The summed E-state index contributed by atoms with van der Waals surface area (Å²) in [7, 11) is 0. The van der Waals surface area contributed by atoms with E-state index in [-0.39, 0.29) is 18.4 Å². The summed E-state index contributed by atoms with van der Waals surface area (Å²) in [5.74, 6) is -0.450. The van der Waals surface area contributed by atoms with Gasteiger partial charge in [0.2, 0.25) is 5.91 Å². The number of rotatable bonds is 6. The molecule has 4 aromatic rings. The summed E-state index contributed by atoms with van der Waals surface area (Å²) < 4.78 is 1.68. The number of anilines is 1. The van der Waals surface area contributed by atoms with E-state index in [9.17, 15) is 9.59 Å². The van der Waals surface area contributed by atoms with Crippen LogP contribution in [0.5, 0.6) is 0 Å². The Morgan fingerprint density at radius 2 is 1.80 bits per heavy atom. The highest BCUT2D eigenvalue weighted by Gasteiger charge is 2.48. The summed E-state index contributed by atoms with van der Waals surface area (Å²) in [4.78, 5) is 30.2. The first-order valence-corrected chi connectivity index (χ1v) is 12.7. The van der Waals surface area contributed by atoms with Gasteiger partial charge in [-0.3, -0.25) is 19.2 Å². The number of aromatic nitrogens is 2. The Morgan fingerprint density at radius 1 is 1.09 bits per heavy atom. The smallest absolute Gasteiger partial charge is 0.277 e. The van der Waals surface area contributed by atoms with Gasteiger partial charge >= 0.3 is 0 Å². The zero-order valence-electron chi connectivity index (χ0n) is 20.1. The van der Waals surface area contributed by atoms with Gasteiger partial charge < -0.3 is 5.32 Å². The van der Waals surface area contributed by atoms with Gasteiger partial charge in [0, 0.05) is 12.2 Å². The quantitative estimate of drug-likeness (QED) is 0.408. The van der Waals surface area contributed by atoms with E-state index < -0.39 is 5.54 Å². The minimum Gasteiger partial charge on any atom is -0.350 e. The molecule has 1 N–H and O–H groups in total. The topological polar surface area (TPSA) is 67.2 Å². The van der Waals surface area contributed by atoms with E-state index in [4.69, 9.17) is 5.10 Å². The van der Waals surface area contributed by atoms with Crippen molar-refractivity contribution in [3.8, 4) is 10.6 Å².